The molecule has 2 aromatic rings. The summed E-state index contributed by atoms with van der Waals surface area (Å²) in [5, 5.41) is 3.88. The second-order valence-electron chi connectivity index (χ2n) is 4.56. The predicted molar refractivity (Wildman–Crippen MR) is 82.7 cm³/mol. The maximum Gasteiger partial charge on any atom is 0.296 e. The molecule has 6 heteroatoms. The molecule has 1 aromatic carbocycles. The van der Waals surface area contributed by atoms with Crippen molar-refractivity contribution < 1.29 is 14.3 Å². The summed E-state index contributed by atoms with van der Waals surface area (Å²) < 4.78 is 10.7. The molecule has 0 bridgehead atoms. The van der Waals surface area contributed by atoms with Crippen LogP contribution in [0.25, 0.3) is 0 Å². The first-order valence-electron chi connectivity index (χ1n) is 6.41. The molecular weight excluding hydrogens is 288 g/mol. The van der Waals surface area contributed by atoms with E-state index in [1.165, 1.54) is 0 Å². The van der Waals surface area contributed by atoms with Crippen molar-refractivity contribution in [3.8, 4) is 5.75 Å². The Bertz CT molecular complexity index is 691. The molecule has 0 amide bonds. The monoisotopic (exact) mass is 302 g/mol. The summed E-state index contributed by atoms with van der Waals surface area (Å²) in [7, 11) is 1.62. The number of hydrogen-bond donors (Lipinski definition) is 1. The van der Waals surface area contributed by atoms with Gasteiger partial charge in [0.05, 0.1) is 7.11 Å². The molecule has 0 fully saturated rings. The van der Waals surface area contributed by atoms with Crippen LogP contribution in [0.4, 0.5) is 10.7 Å². The molecule has 1 aliphatic heterocycles. The van der Waals surface area contributed by atoms with Crippen LogP contribution in [0.2, 0.25) is 0 Å². The van der Waals surface area contributed by atoms with Crippen LogP contribution in [0.1, 0.15) is 16.5 Å². The Morgan fingerprint density at radius 1 is 1.38 bits per heavy atom. The Labute approximate surface area is 126 Å². The van der Waals surface area contributed by atoms with Gasteiger partial charge in [-0.25, -0.2) is 0 Å². The average Bonchev–Trinajstić information content (AvgIpc) is 2.87. The average molecular weight is 302 g/mol. The molecule has 1 unspecified atom stereocenters. The molecule has 0 saturated carbocycles. The number of ether oxygens (including phenoxy) is 2. The van der Waals surface area contributed by atoms with E-state index in [2.05, 4.69) is 10.3 Å². The lowest BCUT2D eigenvalue weighted by molar-refractivity contribution is -0.114. The molecule has 5 nitrogen and oxygen atoms in total. The summed E-state index contributed by atoms with van der Waals surface area (Å²) in [6.45, 7) is 1.98. The quantitative estimate of drug-likeness (QED) is 0.882. The number of carbonyl (C=O) groups excluding carboxylic acids is 1. The van der Waals surface area contributed by atoms with Gasteiger partial charge < -0.3 is 14.8 Å². The van der Waals surface area contributed by atoms with Gasteiger partial charge in [-0.3, -0.25) is 4.79 Å². The fourth-order valence-electron chi connectivity index (χ4n) is 2.07. The van der Waals surface area contributed by atoms with Crippen molar-refractivity contribution in [1.29, 1.82) is 0 Å². The van der Waals surface area contributed by atoms with E-state index < -0.39 is 6.10 Å². The maximum atomic E-state index is 11.2. The highest BCUT2D eigenvalue weighted by atomic mass is 32.1. The van der Waals surface area contributed by atoms with Crippen LogP contribution >= 0.6 is 11.3 Å². The number of carbonyl (C=O) groups is 1. The van der Waals surface area contributed by atoms with Gasteiger partial charge in [0.25, 0.3) is 6.02 Å². The van der Waals surface area contributed by atoms with Crippen LogP contribution in [-0.2, 0) is 9.53 Å². The zero-order valence-electron chi connectivity index (χ0n) is 11.6. The van der Waals surface area contributed by atoms with Crippen LogP contribution in [0.5, 0.6) is 5.75 Å². The molecule has 1 aromatic heterocycles. The van der Waals surface area contributed by atoms with Crippen molar-refractivity contribution in [3.63, 3.8) is 0 Å². The number of nitrogens with zero attached hydrogens (tertiary/aromatic N) is 1. The summed E-state index contributed by atoms with van der Waals surface area (Å²) >= 11 is 1.54. The number of nitrogens with one attached hydrogen (secondary N) is 1. The molecule has 0 saturated heterocycles. The van der Waals surface area contributed by atoms with Gasteiger partial charge in [-0.1, -0.05) is 0 Å². The normalized spacial score (nSPS) is 16.5. The molecule has 108 valence electrons. The van der Waals surface area contributed by atoms with Crippen molar-refractivity contribution in [2.24, 2.45) is 4.99 Å². The van der Waals surface area contributed by atoms with Gasteiger partial charge in [0.15, 0.2) is 12.4 Å². The highest BCUT2D eigenvalue weighted by Crippen LogP contribution is 2.38. The van der Waals surface area contributed by atoms with Crippen molar-refractivity contribution in [2.45, 2.75) is 13.0 Å². The summed E-state index contributed by atoms with van der Waals surface area (Å²) in [5.41, 5.74) is 1.64. The predicted octanol–water partition coefficient (Wildman–Crippen LogP) is 3.43. The van der Waals surface area contributed by atoms with Crippen molar-refractivity contribution in [1.82, 2.24) is 0 Å². The van der Waals surface area contributed by atoms with Crippen LogP contribution in [-0.4, -0.2) is 19.4 Å². The zero-order chi connectivity index (χ0) is 14.8. The van der Waals surface area contributed by atoms with Gasteiger partial charge in [-0.2, -0.15) is 4.99 Å². The highest BCUT2D eigenvalue weighted by molar-refractivity contribution is 7.16. The molecule has 3 rings (SSSR count). The molecule has 0 radical (unpaired) electrons. The van der Waals surface area contributed by atoms with Crippen LogP contribution in [0.3, 0.4) is 0 Å². The molecule has 1 aliphatic rings. The van der Waals surface area contributed by atoms with E-state index in [1.54, 1.807) is 18.4 Å². The number of methoxy groups -OCH3 is 1. The van der Waals surface area contributed by atoms with Gasteiger partial charge in [0.1, 0.15) is 10.8 Å². The maximum absolute atomic E-state index is 11.2. The lowest BCUT2D eigenvalue weighted by atomic mass is 10.2. The van der Waals surface area contributed by atoms with E-state index in [9.17, 15) is 4.79 Å². The Hall–Kier alpha value is -2.34. The fourth-order valence-corrected chi connectivity index (χ4v) is 2.98. The van der Waals surface area contributed by atoms with E-state index >= 15 is 0 Å². The van der Waals surface area contributed by atoms with E-state index in [0.717, 1.165) is 33.2 Å². The first-order chi connectivity index (χ1) is 10.2. The van der Waals surface area contributed by atoms with Crippen LogP contribution < -0.4 is 10.1 Å². The molecule has 0 aliphatic carbocycles. The first kappa shape index (κ1) is 13.6. The number of aryl methyl sites for hydroxylation is 1. The van der Waals surface area contributed by atoms with Gasteiger partial charge >= 0.3 is 0 Å². The second-order valence-corrected chi connectivity index (χ2v) is 5.80. The lowest BCUT2D eigenvalue weighted by Crippen LogP contribution is -2.22. The summed E-state index contributed by atoms with van der Waals surface area (Å²) in [5.74, 6) is 0.772. The smallest absolute Gasteiger partial charge is 0.296 e. The second kappa shape index (κ2) is 5.57. The number of benzene rings is 1. The minimum Gasteiger partial charge on any atom is -0.497 e. The van der Waals surface area contributed by atoms with E-state index in [-0.39, 0.29) is 0 Å². The van der Waals surface area contributed by atoms with Crippen molar-refractivity contribution >= 4 is 34.3 Å². The third kappa shape index (κ3) is 2.75. The molecule has 1 atom stereocenters. The van der Waals surface area contributed by atoms with Crippen LogP contribution in [0, 0.1) is 6.92 Å². The largest absolute Gasteiger partial charge is 0.497 e. The summed E-state index contributed by atoms with van der Waals surface area (Å²) in [4.78, 5) is 16.7. The number of aldehydes is 1. The minimum absolute atomic E-state index is 0.326. The number of hydrogen-bond acceptors (Lipinski definition) is 6. The van der Waals surface area contributed by atoms with Gasteiger partial charge in [-0.05, 0) is 37.3 Å². The third-order valence-electron chi connectivity index (χ3n) is 3.08. The number of fused-ring (bicyclic) bond motifs is 1. The minimum atomic E-state index is -0.608. The zero-order valence-corrected chi connectivity index (χ0v) is 12.4. The van der Waals surface area contributed by atoms with Crippen molar-refractivity contribution in [2.75, 3.05) is 12.4 Å². The highest BCUT2D eigenvalue weighted by Gasteiger charge is 2.25. The molecule has 2 heterocycles. The lowest BCUT2D eigenvalue weighted by Gasteiger charge is -2.20. The molecule has 21 heavy (non-hydrogen) atoms. The SMILES string of the molecule is COc1ccc(NC2=Nc3sc(C)cc3C(C=O)O2)cc1. The molecular formula is C15H14N2O3S. The Morgan fingerprint density at radius 3 is 2.81 bits per heavy atom. The number of aliphatic imine (C=N–C) groups is 1. The van der Waals surface area contributed by atoms with Crippen molar-refractivity contribution in [3.05, 3.63) is 40.8 Å². The summed E-state index contributed by atoms with van der Waals surface area (Å²) in [6.07, 6.45) is 0.179. The molecule has 0 spiro atoms. The fraction of sp³-hybridized carbons (Fsp3) is 0.200. The number of anilines is 1. The Morgan fingerprint density at radius 2 is 2.14 bits per heavy atom. The Balaban J connectivity index is 1.85. The van der Waals surface area contributed by atoms with E-state index in [1.807, 2.05) is 37.3 Å². The third-order valence-corrected chi connectivity index (χ3v) is 4.04. The van der Waals surface area contributed by atoms with Gasteiger partial charge in [-0.15, -0.1) is 11.3 Å². The topological polar surface area (TPSA) is 59.9 Å². The number of amidine groups is 1. The summed E-state index contributed by atoms with van der Waals surface area (Å²) in [6, 6.07) is 9.65. The van der Waals surface area contributed by atoms with Gasteiger partial charge in [0.2, 0.25) is 0 Å². The number of thiophene rings is 1. The van der Waals surface area contributed by atoms with E-state index in [4.69, 9.17) is 9.47 Å². The van der Waals surface area contributed by atoms with Crippen LogP contribution in [0.15, 0.2) is 35.3 Å². The first-order valence-corrected chi connectivity index (χ1v) is 7.23. The number of rotatable bonds is 3. The Kier molecular flexibility index (Phi) is 3.62. The van der Waals surface area contributed by atoms with E-state index in [0.29, 0.717) is 6.02 Å². The standard InChI is InChI=1S/C15H14N2O3S/c1-9-7-12-13(8-18)20-15(17-14(12)21-9)16-10-3-5-11(19-2)6-4-10/h3-8,13H,1-2H3,(H,16,17). The van der Waals surface area contributed by atoms with Gasteiger partial charge in [0, 0.05) is 16.1 Å². The molecule has 1 N–H and O–H groups in total.